The third kappa shape index (κ3) is 6.23. The number of alkyl carbamates (subject to hydrolysis) is 1. The zero-order chi connectivity index (χ0) is 15.2. The van der Waals surface area contributed by atoms with Gasteiger partial charge in [0.05, 0.1) is 7.11 Å². The molecule has 1 aliphatic heterocycles. The molecule has 2 atom stereocenters. The fourth-order valence-corrected chi connectivity index (χ4v) is 2.13. The molecule has 1 N–H and O–H groups in total. The van der Waals surface area contributed by atoms with E-state index in [1.165, 1.54) is 7.11 Å². The molecular weight excluding hydrogens is 262 g/mol. The van der Waals surface area contributed by atoms with Crippen molar-refractivity contribution < 1.29 is 23.8 Å². The van der Waals surface area contributed by atoms with Gasteiger partial charge in [0, 0.05) is 13.2 Å². The van der Waals surface area contributed by atoms with E-state index < -0.39 is 23.7 Å². The van der Waals surface area contributed by atoms with Crippen LogP contribution in [0.2, 0.25) is 0 Å². The van der Waals surface area contributed by atoms with Gasteiger partial charge in [0.15, 0.2) is 0 Å². The van der Waals surface area contributed by atoms with Gasteiger partial charge < -0.3 is 19.5 Å². The van der Waals surface area contributed by atoms with Gasteiger partial charge in [-0.15, -0.1) is 0 Å². The Hall–Kier alpha value is -1.30. The highest BCUT2D eigenvalue weighted by atomic mass is 16.6. The second-order valence-electron chi connectivity index (χ2n) is 6.04. The van der Waals surface area contributed by atoms with E-state index in [2.05, 4.69) is 5.32 Å². The molecule has 116 valence electrons. The minimum absolute atomic E-state index is 0.253. The number of carbonyl (C=O) groups excluding carboxylic acids is 2. The number of nitrogens with one attached hydrogen (secondary N) is 1. The molecule has 0 aromatic rings. The molecule has 0 radical (unpaired) electrons. The summed E-state index contributed by atoms with van der Waals surface area (Å²) in [7, 11) is 1.31. The number of ether oxygens (including phenoxy) is 3. The van der Waals surface area contributed by atoms with E-state index in [0.717, 1.165) is 19.4 Å². The first-order valence-electron chi connectivity index (χ1n) is 6.97. The van der Waals surface area contributed by atoms with Crippen molar-refractivity contribution in [2.24, 2.45) is 5.92 Å². The van der Waals surface area contributed by atoms with Crippen molar-refractivity contribution in [2.75, 3.05) is 20.3 Å². The third-order valence-corrected chi connectivity index (χ3v) is 3.00. The molecule has 1 rings (SSSR count). The first kappa shape index (κ1) is 16.8. The van der Waals surface area contributed by atoms with E-state index in [4.69, 9.17) is 14.2 Å². The second-order valence-corrected chi connectivity index (χ2v) is 6.04. The predicted molar refractivity (Wildman–Crippen MR) is 73.3 cm³/mol. The third-order valence-electron chi connectivity index (χ3n) is 3.00. The molecule has 0 aromatic carbocycles. The summed E-state index contributed by atoms with van der Waals surface area (Å²) in [5.41, 5.74) is -0.599. The fourth-order valence-electron chi connectivity index (χ4n) is 2.13. The Morgan fingerprint density at radius 1 is 1.40 bits per heavy atom. The normalized spacial score (nSPS) is 20.9. The molecule has 0 aromatic heterocycles. The van der Waals surface area contributed by atoms with Crippen LogP contribution in [0, 0.1) is 5.92 Å². The van der Waals surface area contributed by atoms with Crippen LogP contribution in [0.5, 0.6) is 0 Å². The van der Waals surface area contributed by atoms with E-state index in [0.29, 0.717) is 13.0 Å². The zero-order valence-electron chi connectivity index (χ0n) is 12.7. The summed E-state index contributed by atoms with van der Waals surface area (Å²) in [5, 5.41) is 2.58. The van der Waals surface area contributed by atoms with Crippen LogP contribution < -0.4 is 5.32 Å². The van der Waals surface area contributed by atoms with Gasteiger partial charge in [-0.3, -0.25) is 0 Å². The van der Waals surface area contributed by atoms with Crippen LogP contribution in [0.1, 0.15) is 40.0 Å². The summed E-state index contributed by atoms with van der Waals surface area (Å²) < 4.78 is 15.3. The first-order valence-corrected chi connectivity index (χ1v) is 6.97. The van der Waals surface area contributed by atoms with Gasteiger partial charge >= 0.3 is 12.1 Å². The summed E-state index contributed by atoms with van der Waals surface area (Å²) in [6, 6.07) is -0.693. The minimum Gasteiger partial charge on any atom is -0.467 e. The van der Waals surface area contributed by atoms with Crippen LogP contribution >= 0.6 is 0 Å². The molecule has 1 saturated heterocycles. The van der Waals surface area contributed by atoms with Crippen molar-refractivity contribution in [3.63, 3.8) is 0 Å². The number of methoxy groups -OCH3 is 1. The van der Waals surface area contributed by atoms with Crippen molar-refractivity contribution in [1.29, 1.82) is 0 Å². The van der Waals surface area contributed by atoms with Crippen LogP contribution in [-0.2, 0) is 19.0 Å². The lowest BCUT2D eigenvalue weighted by Crippen LogP contribution is -2.45. The number of hydrogen-bond acceptors (Lipinski definition) is 5. The Morgan fingerprint density at radius 2 is 2.10 bits per heavy atom. The van der Waals surface area contributed by atoms with Gasteiger partial charge in [0.2, 0.25) is 0 Å². The van der Waals surface area contributed by atoms with Crippen molar-refractivity contribution in [2.45, 2.75) is 51.7 Å². The van der Waals surface area contributed by atoms with E-state index in [-0.39, 0.29) is 5.92 Å². The van der Waals surface area contributed by atoms with Crippen LogP contribution in [0.15, 0.2) is 0 Å². The molecular formula is C14H25NO5. The summed E-state index contributed by atoms with van der Waals surface area (Å²) >= 11 is 0. The number of hydrogen-bond donors (Lipinski definition) is 1. The van der Waals surface area contributed by atoms with Crippen molar-refractivity contribution in [3.05, 3.63) is 0 Å². The molecule has 1 heterocycles. The van der Waals surface area contributed by atoms with Gasteiger partial charge in [0.1, 0.15) is 11.6 Å². The summed E-state index contributed by atoms with van der Waals surface area (Å²) in [4.78, 5) is 23.5. The molecule has 0 aliphatic carbocycles. The highest BCUT2D eigenvalue weighted by Crippen LogP contribution is 2.19. The highest BCUT2D eigenvalue weighted by molar-refractivity contribution is 5.81. The Balaban J connectivity index is 2.55. The Labute approximate surface area is 120 Å². The van der Waals surface area contributed by atoms with E-state index in [1.54, 1.807) is 20.8 Å². The zero-order valence-corrected chi connectivity index (χ0v) is 12.7. The Kier molecular flexibility index (Phi) is 6.26. The largest absolute Gasteiger partial charge is 0.467 e. The van der Waals surface area contributed by atoms with Gasteiger partial charge in [0.25, 0.3) is 0 Å². The summed E-state index contributed by atoms with van der Waals surface area (Å²) in [5.74, 6) is -0.204. The fraction of sp³-hybridized carbons (Fsp3) is 0.857. The average molecular weight is 287 g/mol. The Morgan fingerprint density at radius 3 is 2.60 bits per heavy atom. The van der Waals surface area contributed by atoms with Crippen LogP contribution in [-0.4, -0.2) is 44.0 Å². The predicted octanol–water partition coefficient (Wildman–Crippen LogP) is 1.87. The van der Waals surface area contributed by atoms with E-state index in [1.807, 2.05) is 0 Å². The smallest absolute Gasteiger partial charge is 0.408 e. The molecule has 20 heavy (non-hydrogen) atoms. The van der Waals surface area contributed by atoms with Crippen LogP contribution in [0.25, 0.3) is 0 Å². The molecule has 6 nitrogen and oxygen atoms in total. The summed E-state index contributed by atoms with van der Waals surface area (Å²) in [6.07, 6.45) is 1.87. The number of esters is 1. The SMILES string of the molecule is COC(=O)[C@@H](CC1CCCOC1)NC(=O)OC(C)(C)C. The van der Waals surface area contributed by atoms with Crippen LogP contribution in [0.3, 0.4) is 0 Å². The summed E-state index contributed by atoms with van der Waals surface area (Å²) in [6.45, 7) is 6.69. The van der Waals surface area contributed by atoms with Gasteiger partial charge in [-0.1, -0.05) is 0 Å². The first-order chi connectivity index (χ1) is 9.31. The maximum atomic E-state index is 11.8. The minimum atomic E-state index is -0.693. The quantitative estimate of drug-likeness (QED) is 0.799. The van der Waals surface area contributed by atoms with Crippen LogP contribution in [0.4, 0.5) is 4.79 Å². The second kappa shape index (κ2) is 7.47. The maximum absolute atomic E-state index is 11.8. The topological polar surface area (TPSA) is 73.9 Å². The molecule has 6 heteroatoms. The van der Waals surface area contributed by atoms with Gasteiger partial charge in [-0.05, 0) is 46.0 Å². The number of amides is 1. The van der Waals surface area contributed by atoms with Crippen molar-refractivity contribution in [3.8, 4) is 0 Å². The number of carbonyl (C=O) groups is 2. The molecule has 1 fully saturated rings. The molecule has 1 amide bonds. The molecule has 0 spiro atoms. The maximum Gasteiger partial charge on any atom is 0.408 e. The van der Waals surface area contributed by atoms with Crippen molar-refractivity contribution in [1.82, 2.24) is 5.32 Å². The highest BCUT2D eigenvalue weighted by Gasteiger charge is 2.28. The van der Waals surface area contributed by atoms with Gasteiger partial charge in [-0.2, -0.15) is 0 Å². The molecule has 0 bridgehead atoms. The standard InChI is InChI=1S/C14H25NO5/c1-14(2,3)20-13(17)15-11(12(16)18-4)8-10-6-5-7-19-9-10/h10-11H,5-9H2,1-4H3,(H,15,17)/t10?,11-/m1/s1. The van der Waals surface area contributed by atoms with Crippen molar-refractivity contribution >= 4 is 12.1 Å². The molecule has 0 saturated carbocycles. The monoisotopic (exact) mass is 287 g/mol. The lowest BCUT2D eigenvalue weighted by Gasteiger charge is -2.27. The Bertz CT molecular complexity index is 331. The average Bonchev–Trinajstić information content (AvgIpc) is 2.36. The lowest BCUT2D eigenvalue weighted by molar-refractivity contribution is -0.143. The van der Waals surface area contributed by atoms with E-state index >= 15 is 0 Å². The molecule has 1 unspecified atom stereocenters. The lowest BCUT2D eigenvalue weighted by atomic mass is 9.94. The molecule has 1 aliphatic rings. The van der Waals surface area contributed by atoms with E-state index in [9.17, 15) is 9.59 Å². The van der Waals surface area contributed by atoms with Gasteiger partial charge in [-0.25, -0.2) is 9.59 Å². The number of rotatable bonds is 4.